The highest BCUT2D eigenvalue weighted by Gasteiger charge is 2.21. The van der Waals surface area contributed by atoms with E-state index < -0.39 is 35.2 Å². The van der Waals surface area contributed by atoms with Crippen molar-refractivity contribution in [1.82, 2.24) is 16.0 Å². The highest BCUT2D eigenvalue weighted by atomic mass is 16.6. The smallest absolute Gasteiger partial charge is 0.269 e. The summed E-state index contributed by atoms with van der Waals surface area (Å²) in [5.74, 6) is -2.31. The van der Waals surface area contributed by atoms with Gasteiger partial charge in [0.2, 0.25) is 17.7 Å². The van der Waals surface area contributed by atoms with Crippen LogP contribution in [0.2, 0.25) is 0 Å². The number of nitro benzene ring substituents is 1. The fourth-order valence-electron chi connectivity index (χ4n) is 3.17. The van der Waals surface area contributed by atoms with Crippen LogP contribution < -0.4 is 32.7 Å². The van der Waals surface area contributed by atoms with E-state index in [1.807, 2.05) is 0 Å². The molecule has 0 saturated carbocycles. The summed E-state index contributed by atoms with van der Waals surface area (Å²) in [6.45, 7) is -0.133. The molecule has 0 aliphatic carbocycles. The minimum atomic E-state index is -0.890. The molecule has 38 heavy (non-hydrogen) atoms. The van der Waals surface area contributed by atoms with Crippen molar-refractivity contribution >= 4 is 41.0 Å². The summed E-state index contributed by atoms with van der Waals surface area (Å²) in [5, 5.41) is 21.0. The quantitative estimate of drug-likeness (QED) is 0.0640. The molecule has 0 aromatic heterocycles. The minimum Gasteiger partial charge on any atom is -0.374 e. The SMILES string of the molecule is NC(N)=NCCCC(Nc1ccc([N+](=O)[O-])cc1)C(=O)NC(=O)CNC(=O)CCNC(=O)c1ccccc1. The number of hydrogen-bond acceptors (Lipinski definition) is 8. The van der Waals surface area contributed by atoms with Crippen molar-refractivity contribution in [3.05, 3.63) is 70.3 Å². The zero-order chi connectivity index (χ0) is 27.9. The Morgan fingerprint density at radius 2 is 1.63 bits per heavy atom. The monoisotopic (exact) mass is 526 g/mol. The Bertz CT molecular complexity index is 1150. The molecule has 0 bridgehead atoms. The van der Waals surface area contributed by atoms with Crippen LogP contribution in [0.5, 0.6) is 0 Å². The second-order valence-corrected chi connectivity index (χ2v) is 8.01. The summed E-state index contributed by atoms with van der Waals surface area (Å²) in [4.78, 5) is 63.1. The van der Waals surface area contributed by atoms with Gasteiger partial charge in [-0.2, -0.15) is 0 Å². The van der Waals surface area contributed by atoms with Gasteiger partial charge in [0.05, 0.1) is 11.5 Å². The molecule has 2 aromatic carbocycles. The van der Waals surface area contributed by atoms with Crippen LogP contribution in [0.1, 0.15) is 29.6 Å². The molecule has 1 atom stereocenters. The standard InChI is InChI=1S/C24H30N8O6/c25-24(26)28-13-4-7-19(30-17-8-10-18(11-9-17)32(37)38)23(36)31-21(34)15-29-20(33)12-14-27-22(35)16-5-2-1-3-6-16/h1-3,5-6,8-11,19,30H,4,7,12-15H2,(H,27,35)(H,29,33)(H4,25,26,28)(H,31,34,36). The third-order valence-electron chi connectivity index (χ3n) is 5.06. The highest BCUT2D eigenvalue weighted by Crippen LogP contribution is 2.17. The van der Waals surface area contributed by atoms with E-state index in [1.165, 1.54) is 24.3 Å². The summed E-state index contributed by atoms with van der Waals surface area (Å²) in [5.41, 5.74) is 11.4. The number of nitro groups is 1. The van der Waals surface area contributed by atoms with Gasteiger partial charge in [-0.25, -0.2) is 0 Å². The maximum atomic E-state index is 12.7. The normalized spacial score (nSPS) is 10.9. The molecular weight excluding hydrogens is 496 g/mol. The van der Waals surface area contributed by atoms with Crippen LogP contribution in [0.4, 0.5) is 11.4 Å². The highest BCUT2D eigenvalue weighted by molar-refractivity contribution is 6.00. The van der Waals surface area contributed by atoms with Crippen molar-refractivity contribution in [3.8, 4) is 0 Å². The Labute approximate surface area is 218 Å². The Hall–Kier alpha value is -5.01. The third kappa shape index (κ3) is 10.7. The topological polar surface area (TPSA) is 224 Å². The fourth-order valence-corrected chi connectivity index (χ4v) is 3.17. The molecule has 0 fully saturated rings. The van der Waals surface area contributed by atoms with Crippen molar-refractivity contribution < 1.29 is 24.1 Å². The maximum Gasteiger partial charge on any atom is 0.269 e. The van der Waals surface area contributed by atoms with Gasteiger partial charge in [-0.3, -0.25) is 39.6 Å². The molecule has 2 rings (SSSR count). The lowest BCUT2D eigenvalue weighted by atomic mass is 10.1. The number of imide groups is 1. The predicted octanol–water partition coefficient (Wildman–Crippen LogP) is 0.00800. The van der Waals surface area contributed by atoms with E-state index in [-0.39, 0.29) is 43.5 Å². The number of non-ortho nitro benzene ring substituents is 1. The number of nitrogens with two attached hydrogens (primary N) is 2. The molecule has 202 valence electrons. The number of rotatable bonds is 14. The minimum absolute atomic E-state index is 0.0606. The van der Waals surface area contributed by atoms with Gasteiger partial charge in [-0.1, -0.05) is 18.2 Å². The molecule has 14 heteroatoms. The van der Waals surface area contributed by atoms with Crippen LogP contribution in [-0.4, -0.2) is 60.2 Å². The zero-order valence-electron chi connectivity index (χ0n) is 20.5. The number of carbonyl (C=O) groups excluding carboxylic acids is 4. The van der Waals surface area contributed by atoms with Crippen LogP contribution in [0.15, 0.2) is 59.6 Å². The molecule has 8 N–H and O–H groups in total. The zero-order valence-corrected chi connectivity index (χ0v) is 20.5. The van der Waals surface area contributed by atoms with Crippen LogP contribution in [0.3, 0.4) is 0 Å². The molecule has 0 radical (unpaired) electrons. The van der Waals surface area contributed by atoms with Gasteiger partial charge >= 0.3 is 0 Å². The largest absolute Gasteiger partial charge is 0.374 e. The Morgan fingerprint density at radius 1 is 0.947 bits per heavy atom. The number of benzene rings is 2. The molecule has 0 aliphatic rings. The molecule has 0 aliphatic heterocycles. The number of aliphatic imine (C=N–C) groups is 1. The summed E-state index contributed by atoms with van der Waals surface area (Å²) in [6.07, 6.45) is 0.574. The van der Waals surface area contributed by atoms with Crippen molar-refractivity contribution in [3.63, 3.8) is 0 Å². The number of amides is 4. The van der Waals surface area contributed by atoms with Crippen molar-refractivity contribution in [2.75, 3.05) is 25.0 Å². The van der Waals surface area contributed by atoms with Crippen molar-refractivity contribution in [2.45, 2.75) is 25.3 Å². The van der Waals surface area contributed by atoms with Crippen molar-refractivity contribution in [1.29, 1.82) is 0 Å². The van der Waals surface area contributed by atoms with Gasteiger partial charge in [0.1, 0.15) is 6.04 Å². The van der Waals surface area contributed by atoms with Crippen LogP contribution in [0, 0.1) is 10.1 Å². The van der Waals surface area contributed by atoms with Gasteiger partial charge < -0.3 is 27.4 Å². The average Bonchev–Trinajstić information content (AvgIpc) is 2.89. The van der Waals surface area contributed by atoms with E-state index in [1.54, 1.807) is 30.3 Å². The number of hydrogen-bond donors (Lipinski definition) is 6. The van der Waals surface area contributed by atoms with E-state index in [4.69, 9.17) is 11.5 Å². The first-order chi connectivity index (χ1) is 18.2. The van der Waals surface area contributed by atoms with E-state index in [0.717, 1.165) is 0 Å². The van der Waals surface area contributed by atoms with Crippen LogP contribution in [-0.2, 0) is 14.4 Å². The lowest BCUT2D eigenvalue weighted by Gasteiger charge is -2.19. The van der Waals surface area contributed by atoms with E-state index in [2.05, 4.69) is 26.3 Å². The Morgan fingerprint density at radius 3 is 2.26 bits per heavy atom. The first-order valence-electron chi connectivity index (χ1n) is 11.7. The second-order valence-electron chi connectivity index (χ2n) is 8.01. The Balaban J connectivity index is 1.83. The molecule has 14 nitrogen and oxygen atoms in total. The van der Waals surface area contributed by atoms with E-state index in [9.17, 15) is 29.3 Å². The van der Waals surface area contributed by atoms with E-state index >= 15 is 0 Å². The van der Waals surface area contributed by atoms with Crippen molar-refractivity contribution in [2.24, 2.45) is 16.5 Å². The molecule has 0 spiro atoms. The van der Waals surface area contributed by atoms with Gasteiger partial charge in [0, 0.05) is 42.9 Å². The lowest BCUT2D eigenvalue weighted by molar-refractivity contribution is -0.384. The Kier molecular flexibility index (Phi) is 11.7. The second kappa shape index (κ2) is 15.2. The van der Waals surface area contributed by atoms with Gasteiger partial charge in [0.15, 0.2) is 5.96 Å². The van der Waals surface area contributed by atoms with Gasteiger partial charge in [-0.15, -0.1) is 0 Å². The number of nitrogens with one attached hydrogen (secondary N) is 4. The van der Waals surface area contributed by atoms with Crippen LogP contribution in [0.25, 0.3) is 0 Å². The number of anilines is 1. The summed E-state index contributed by atoms with van der Waals surface area (Å²) in [7, 11) is 0. The molecular formula is C24H30N8O6. The van der Waals surface area contributed by atoms with E-state index in [0.29, 0.717) is 17.7 Å². The average molecular weight is 527 g/mol. The first kappa shape index (κ1) is 29.2. The first-order valence-corrected chi connectivity index (χ1v) is 11.7. The molecule has 2 aromatic rings. The lowest BCUT2D eigenvalue weighted by Crippen LogP contribution is -2.46. The van der Waals surface area contributed by atoms with Crippen LogP contribution >= 0.6 is 0 Å². The van der Waals surface area contributed by atoms with Gasteiger partial charge in [-0.05, 0) is 37.1 Å². The molecule has 4 amide bonds. The molecule has 1 unspecified atom stereocenters. The maximum absolute atomic E-state index is 12.7. The number of guanidine groups is 1. The predicted molar refractivity (Wildman–Crippen MR) is 140 cm³/mol. The summed E-state index contributed by atoms with van der Waals surface area (Å²) < 4.78 is 0. The third-order valence-corrected chi connectivity index (χ3v) is 5.06. The number of nitrogens with zero attached hydrogens (tertiary/aromatic N) is 2. The molecule has 0 heterocycles. The fraction of sp³-hybridized carbons (Fsp3) is 0.292. The van der Waals surface area contributed by atoms with Gasteiger partial charge in [0.25, 0.3) is 11.6 Å². The summed E-state index contributed by atoms with van der Waals surface area (Å²) >= 11 is 0. The molecule has 0 saturated heterocycles. The number of carbonyl (C=O) groups is 4. The summed E-state index contributed by atoms with van der Waals surface area (Å²) in [6, 6.07) is 13.0.